The normalized spacial score (nSPS) is 22.8. The summed E-state index contributed by atoms with van der Waals surface area (Å²) in [6.45, 7) is 6.97. The van der Waals surface area contributed by atoms with Crippen LogP contribution in [0.1, 0.15) is 49.2 Å². The predicted octanol–water partition coefficient (Wildman–Crippen LogP) is 2.11. The van der Waals surface area contributed by atoms with Gasteiger partial charge in [-0.15, -0.1) is 0 Å². The maximum atomic E-state index is 12.3. The second-order valence-corrected chi connectivity index (χ2v) is 5.85. The zero-order valence-corrected chi connectivity index (χ0v) is 12.4. The van der Waals surface area contributed by atoms with Gasteiger partial charge in [0.05, 0.1) is 29.6 Å². The molecule has 0 spiro atoms. The molecule has 0 radical (unpaired) electrons. The first-order valence-electron chi connectivity index (χ1n) is 7.28. The van der Waals surface area contributed by atoms with E-state index in [-0.39, 0.29) is 18.1 Å². The standard InChI is InChI=1S/C15H23N3O2/c1-10(2)7-14-13(5-4-6-20-14)17-15(19)12-8-11(3)18-16-9-12/h8-10,13-14H,4-7H2,1-3H3,(H,17,19). The molecule has 1 fully saturated rings. The third-order valence-electron chi connectivity index (χ3n) is 3.50. The summed E-state index contributed by atoms with van der Waals surface area (Å²) < 4.78 is 5.82. The number of carbonyl (C=O) groups is 1. The van der Waals surface area contributed by atoms with Crippen molar-refractivity contribution in [2.24, 2.45) is 5.92 Å². The van der Waals surface area contributed by atoms with E-state index in [1.807, 2.05) is 6.92 Å². The van der Waals surface area contributed by atoms with Crippen LogP contribution in [0.4, 0.5) is 0 Å². The van der Waals surface area contributed by atoms with E-state index in [2.05, 4.69) is 29.4 Å². The SMILES string of the molecule is Cc1cc(C(=O)NC2CCCOC2CC(C)C)cnn1. The maximum Gasteiger partial charge on any atom is 0.253 e. The first kappa shape index (κ1) is 14.9. The lowest BCUT2D eigenvalue weighted by atomic mass is 9.94. The van der Waals surface area contributed by atoms with Crippen LogP contribution in [0, 0.1) is 12.8 Å². The Morgan fingerprint density at radius 3 is 3.05 bits per heavy atom. The molecule has 1 aliphatic heterocycles. The number of hydrogen-bond donors (Lipinski definition) is 1. The second-order valence-electron chi connectivity index (χ2n) is 5.85. The summed E-state index contributed by atoms with van der Waals surface area (Å²) in [5.41, 5.74) is 1.31. The van der Waals surface area contributed by atoms with Crippen LogP contribution in [0.3, 0.4) is 0 Å². The van der Waals surface area contributed by atoms with Gasteiger partial charge in [-0.3, -0.25) is 4.79 Å². The van der Waals surface area contributed by atoms with Crippen molar-refractivity contribution >= 4 is 5.91 Å². The molecule has 2 atom stereocenters. The molecule has 5 nitrogen and oxygen atoms in total. The Labute approximate surface area is 120 Å². The maximum absolute atomic E-state index is 12.3. The fourth-order valence-electron chi connectivity index (χ4n) is 2.55. The number of aromatic nitrogens is 2. The van der Waals surface area contributed by atoms with Gasteiger partial charge < -0.3 is 10.1 Å². The Balaban J connectivity index is 2.01. The molecule has 1 amide bonds. The van der Waals surface area contributed by atoms with Crippen LogP contribution < -0.4 is 5.32 Å². The zero-order chi connectivity index (χ0) is 14.5. The molecular formula is C15H23N3O2. The minimum atomic E-state index is -0.0905. The lowest BCUT2D eigenvalue weighted by Crippen LogP contribution is -2.47. The molecule has 1 N–H and O–H groups in total. The third-order valence-corrected chi connectivity index (χ3v) is 3.50. The fraction of sp³-hybridized carbons (Fsp3) is 0.667. The van der Waals surface area contributed by atoms with Crippen LogP contribution in [0.5, 0.6) is 0 Å². The highest BCUT2D eigenvalue weighted by Crippen LogP contribution is 2.20. The first-order chi connectivity index (χ1) is 9.56. The van der Waals surface area contributed by atoms with Crippen molar-refractivity contribution in [2.75, 3.05) is 6.61 Å². The van der Waals surface area contributed by atoms with Gasteiger partial charge in [0.15, 0.2) is 0 Å². The molecule has 5 heteroatoms. The molecule has 2 unspecified atom stereocenters. The number of rotatable bonds is 4. The Morgan fingerprint density at radius 2 is 2.35 bits per heavy atom. The molecule has 0 aliphatic carbocycles. The third kappa shape index (κ3) is 4.00. The molecule has 1 aliphatic rings. The molecule has 1 saturated heterocycles. The van der Waals surface area contributed by atoms with Gasteiger partial charge in [-0.05, 0) is 38.2 Å². The van der Waals surface area contributed by atoms with Crippen LogP contribution in [-0.2, 0) is 4.74 Å². The molecule has 2 heterocycles. The number of ether oxygens (including phenoxy) is 1. The highest BCUT2D eigenvalue weighted by Gasteiger charge is 2.28. The average Bonchev–Trinajstić information content (AvgIpc) is 2.40. The topological polar surface area (TPSA) is 64.1 Å². The van der Waals surface area contributed by atoms with E-state index < -0.39 is 0 Å². The summed E-state index contributed by atoms with van der Waals surface area (Å²) in [5, 5.41) is 10.8. The Kier molecular flexibility index (Phi) is 5.06. The van der Waals surface area contributed by atoms with E-state index in [4.69, 9.17) is 4.74 Å². The van der Waals surface area contributed by atoms with Crippen LogP contribution in [0.2, 0.25) is 0 Å². The lowest BCUT2D eigenvalue weighted by molar-refractivity contribution is -0.0186. The monoisotopic (exact) mass is 277 g/mol. The predicted molar refractivity (Wildman–Crippen MR) is 76.5 cm³/mol. The number of carbonyl (C=O) groups excluding carboxylic acids is 1. The van der Waals surface area contributed by atoms with Crippen molar-refractivity contribution < 1.29 is 9.53 Å². The Bertz CT molecular complexity index is 462. The van der Waals surface area contributed by atoms with Gasteiger partial charge in [-0.25, -0.2) is 0 Å². The van der Waals surface area contributed by atoms with Crippen LogP contribution in [0.15, 0.2) is 12.3 Å². The van der Waals surface area contributed by atoms with Gasteiger partial charge >= 0.3 is 0 Å². The van der Waals surface area contributed by atoms with Crippen LogP contribution in [0.25, 0.3) is 0 Å². The Hall–Kier alpha value is -1.49. The van der Waals surface area contributed by atoms with Crippen molar-refractivity contribution in [3.63, 3.8) is 0 Å². The van der Waals surface area contributed by atoms with E-state index in [0.717, 1.165) is 31.6 Å². The van der Waals surface area contributed by atoms with Crippen molar-refractivity contribution in [1.82, 2.24) is 15.5 Å². The number of amides is 1. The lowest BCUT2D eigenvalue weighted by Gasteiger charge is -2.33. The zero-order valence-electron chi connectivity index (χ0n) is 12.4. The largest absolute Gasteiger partial charge is 0.376 e. The van der Waals surface area contributed by atoms with E-state index in [1.165, 1.54) is 6.20 Å². The van der Waals surface area contributed by atoms with Crippen LogP contribution >= 0.6 is 0 Å². The number of nitrogens with one attached hydrogen (secondary N) is 1. The van der Waals surface area contributed by atoms with E-state index in [1.54, 1.807) is 6.07 Å². The highest BCUT2D eigenvalue weighted by molar-refractivity contribution is 5.94. The number of aryl methyl sites for hydroxylation is 1. The number of hydrogen-bond acceptors (Lipinski definition) is 4. The quantitative estimate of drug-likeness (QED) is 0.915. The van der Waals surface area contributed by atoms with Gasteiger partial charge in [0.2, 0.25) is 0 Å². The molecule has 20 heavy (non-hydrogen) atoms. The molecule has 2 rings (SSSR count). The van der Waals surface area contributed by atoms with E-state index in [0.29, 0.717) is 11.5 Å². The number of nitrogens with zero attached hydrogens (tertiary/aromatic N) is 2. The van der Waals surface area contributed by atoms with E-state index >= 15 is 0 Å². The van der Waals surface area contributed by atoms with Crippen molar-refractivity contribution in [3.05, 3.63) is 23.5 Å². The molecule has 1 aromatic rings. The summed E-state index contributed by atoms with van der Waals surface area (Å²) in [6.07, 6.45) is 4.55. The summed E-state index contributed by atoms with van der Waals surface area (Å²) in [4.78, 5) is 12.3. The van der Waals surface area contributed by atoms with Gasteiger partial charge in [0, 0.05) is 6.61 Å². The van der Waals surface area contributed by atoms with Gasteiger partial charge in [-0.1, -0.05) is 13.8 Å². The molecular weight excluding hydrogens is 254 g/mol. The van der Waals surface area contributed by atoms with Gasteiger partial charge in [0.25, 0.3) is 5.91 Å². The summed E-state index contributed by atoms with van der Waals surface area (Å²) >= 11 is 0. The van der Waals surface area contributed by atoms with Gasteiger partial charge in [0.1, 0.15) is 0 Å². The van der Waals surface area contributed by atoms with Gasteiger partial charge in [-0.2, -0.15) is 10.2 Å². The molecule has 0 saturated carbocycles. The molecule has 0 aromatic carbocycles. The minimum Gasteiger partial charge on any atom is -0.376 e. The highest BCUT2D eigenvalue weighted by atomic mass is 16.5. The summed E-state index contributed by atoms with van der Waals surface area (Å²) in [7, 11) is 0. The summed E-state index contributed by atoms with van der Waals surface area (Å²) in [6, 6.07) is 1.84. The average molecular weight is 277 g/mol. The van der Waals surface area contributed by atoms with Crippen molar-refractivity contribution in [2.45, 2.75) is 52.2 Å². The van der Waals surface area contributed by atoms with E-state index in [9.17, 15) is 4.79 Å². The Morgan fingerprint density at radius 1 is 1.55 bits per heavy atom. The molecule has 0 bridgehead atoms. The second kappa shape index (κ2) is 6.79. The molecule has 1 aromatic heterocycles. The smallest absolute Gasteiger partial charge is 0.253 e. The molecule has 110 valence electrons. The minimum absolute atomic E-state index is 0.0899. The van der Waals surface area contributed by atoms with Crippen molar-refractivity contribution in [3.8, 4) is 0 Å². The van der Waals surface area contributed by atoms with Crippen molar-refractivity contribution in [1.29, 1.82) is 0 Å². The van der Waals surface area contributed by atoms with Crippen LogP contribution in [-0.4, -0.2) is 34.9 Å². The summed E-state index contributed by atoms with van der Waals surface area (Å²) in [5.74, 6) is 0.467. The fourth-order valence-corrected chi connectivity index (χ4v) is 2.55. The first-order valence-corrected chi connectivity index (χ1v) is 7.28.